The summed E-state index contributed by atoms with van der Waals surface area (Å²) in [5, 5.41) is 5.45. The molecule has 0 aromatic heterocycles. The van der Waals surface area contributed by atoms with Crippen molar-refractivity contribution in [2.45, 2.75) is 25.8 Å². The van der Waals surface area contributed by atoms with E-state index in [1.165, 1.54) is 0 Å². The molecule has 1 aromatic carbocycles. The Morgan fingerprint density at radius 2 is 2.29 bits per heavy atom. The normalized spacial score (nSPS) is 18.9. The number of amides is 2. The first kappa shape index (κ1) is 12.1. The van der Waals surface area contributed by atoms with Crippen molar-refractivity contribution in [1.82, 2.24) is 5.32 Å². The van der Waals surface area contributed by atoms with Crippen LogP contribution in [-0.4, -0.2) is 17.9 Å². The van der Waals surface area contributed by atoms with Gasteiger partial charge in [-0.25, -0.2) is 0 Å². The lowest BCUT2D eigenvalue weighted by atomic mass is 10.2. The number of rotatable bonds is 2. The zero-order chi connectivity index (χ0) is 12.4. The Bertz CT molecular complexity index is 474. The highest BCUT2D eigenvalue weighted by Crippen LogP contribution is 2.24. The van der Waals surface area contributed by atoms with E-state index in [1.807, 2.05) is 25.1 Å². The number of anilines is 1. The van der Waals surface area contributed by atoms with E-state index in [0.717, 1.165) is 15.7 Å². The Balaban J connectivity index is 2.07. The number of nitrogens with one attached hydrogen (secondary N) is 2. The molecule has 1 aliphatic heterocycles. The molecule has 4 nitrogen and oxygen atoms in total. The smallest absolute Gasteiger partial charge is 0.246 e. The van der Waals surface area contributed by atoms with Crippen LogP contribution in [0.2, 0.25) is 0 Å². The van der Waals surface area contributed by atoms with Crippen molar-refractivity contribution >= 4 is 33.4 Å². The van der Waals surface area contributed by atoms with Gasteiger partial charge < -0.3 is 10.6 Å². The molecule has 0 spiro atoms. The van der Waals surface area contributed by atoms with Crippen molar-refractivity contribution in [3.63, 3.8) is 0 Å². The van der Waals surface area contributed by atoms with E-state index in [2.05, 4.69) is 26.6 Å². The molecule has 0 aliphatic carbocycles. The minimum Gasteiger partial charge on any atom is -0.344 e. The third-order valence-electron chi connectivity index (χ3n) is 2.69. The van der Waals surface area contributed by atoms with Crippen LogP contribution in [0.5, 0.6) is 0 Å². The van der Waals surface area contributed by atoms with E-state index in [-0.39, 0.29) is 11.8 Å². The average Bonchev–Trinajstić information content (AvgIpc) is 2.70. The summed E-state index contributed by atoms with van der Waals surface area (Å²) in [6, 6.07) is 5.32. The van der Waals surface area contributed by atoms with Crippen LogP contribution < -0.4 is 10.6 Å². The van der Waals surface area contributed by atoms with Crippen LogP contribution in [0, 0.1) is 6.92 Å². The molecule has 90 valence electrons. The van der Waals surface area contributed by atoms with Crippen molar-refractivity contribution < 1.29 is 9.59 Å². The van der Waals surface area contributed by atoms with Gasteiger partial charge in [0.15, 0.2) is 0 Å². The number of carbonyl (C=O) groups is 2. The molecule has 0 saturated carbocycles. The third kappa shape index (κ3) is 2.85. The van der Waals surface area contributed by atoms with E-state index in [9.17, 15) is 9.59 Å². The van der Waals surface area contributed by atoms with Gasteiger partial charge >= 0.3 is 0 Å². The van der Waals surface area contributed by atoms with Crippen molar-refractivity contribution in [2.75, 3.05) is 5.32 Å². The van der Waals surface area contributed by atoms with Gasteiger partial charge in [-0.1, -0.05) is 6.07 Å². The summed E-state index contributed by atoms with van der Waals surface area (Å²) < 4.78 is 0.834. The average molecular weight is 297 g/mol. The molecule has 2 amide bonds. The number of aryl methyl sites for hydroxylation is 1. The Labute approximate surface area is 108 Å². The third-order valence-corrected chi connectivity index (χ3v) is 3.38. The molecule has 5 heteroatoms. The van der Waals surface area contributed by atoms with Crippen LogP contribution in [0.15, 0.2) is 22.7 Å². The number of halogens is 1. The fraction of sp³-hybridized carbons (Fsp3) is 0.333. The Morgan fingerprint density at radius 3 is 2.94 bits per heavy atom. The lowest BCUT2D eigenvalue weighted by molar-refractivity contribution is -0.122. The number of benzene rings is 1. The molecule has 17 heavy (non-hydrogen) atoms. The Kier molecular flexibility index (Phi) is 3.47. The Hall–Kier alpha value is -1.36. The highest BCUT2D eigenvalue weighted by molar-refractivity contribution is 9.10. The molecule has 1 saturated heterocycles. The molecular weight excluding hydrogens is 284 g/mol. The highest BCUT2D eigenvalue weighted by atomic mass is 79.9. The first-order chi connectivity index (χ1) is 8.06. The topological polar surface area (TPSA) is 58.2 Å². The lowest BCUT2D eigenvalue weighted by Crippen LogP contribution is -2.37. The van der Waals surface area contributed by atoms with Gasteiger partial charge in [0, 0.05) is 10.9 Å². The first-order valence-corrected chi connectivity index (χ1v) is 6.22. The summed E-state index contributed by atoms with van der Waals surface area (Å²) in [4.78, 5) is 22.9. The summed E-state index contributed by atoms with van der Waals surface area (Å²) in [5.41, 5.74) is 1.80. The number of hydrogen-bond acceptors (Lipinski definition) is 2. The van der Waals surface area contributed by atoms with Gasteiger partial charge in [-0.3, -0.25) is 9.59 Å². The standard InChI is InChI=1S/C12H13BrN2O2/c1-7-2-3-8(13)10(6-7)15-12(17)9-4-5-11(16)14-9/h2-3,6,9H,4-5H2,1H3,(H,14,16)(H,15,17). The van der Waals surface area contributed by atoms with Crippen molar-refractivity contribution in [3.8, 4) is 0 Å². The first-order valence-electron chi connectivity index (χ1n) is 5.42. The maximum Gasteiger partial charge on any atom is 0.246 e. The van der Waals surface area contributed by atoms with E-state index in [0.29, 0.717) is 12.8 Å². The molecule has 1 aliphatic rings. The summed E-state index contributed by atoms with van der Waals surface area (Å²) in [6.45, 7) is 1.96. The van der Waals surface area contributed by atoms with Crippen molar-refractivity contribution in [1.29, 1.82) is 0 Å². The van der Waals surface area contributed by atoms with Crippen LogP contribution in [0.4, 0.5) is 5.69 Å². The summed E-state index contributed by atoms with van der Waals surface area (Å²) in [7, 11) is 0. The summed E-state index contributed by atoms with van der Waals surface area (Å²) in [5.74, 6) is -0.226. The van der Waals surface area contributed by atoms with Gasteiger partial charge in [0.1, 0.15) is 6.04 Å². The van der Waals surface area contributed by atoms with E-state index >= 15 is 0 Å². The minimum atomic E-state index is -0.407. The fourth-order valence-electron chi connectivity index (χ4n) is 1.77. The molecule has 1 unspecified atom stereocenters. The summed E-state index contributed by atoms with van der Waals surface area (Å²) >= 11 is 3.38. The molecule has 2 rings (SSSR count). The maximum absolute atomic E-state index is 11.9. The minimum absolute atomic E-state index is 0.0616. The van der Waals surface area contributed by atoms with Crippen molar-refractivity contribution in [3.05, 3.63) is 28.2 Å². The van der Waals surface area contributed by atoms with E-state index < -0.39 is 6.04 Å². The zero-order valence-electron chi connectivity index (χ0n) is 9.42. The Morgan fingerprint density at radius 1 is 1.53 bits per heavy atom. The van der Waals surface area contributed by atoms with Crippen molar-refractivity contribution in [2.24, 2.45) is 0 Å². The lowest BCUT2D eigenvalue weighted by Gasteiger charge is -2.12. The van der Waals surface area contributed by atoms with Gasteiger partial charge in [-0.05, 0) is 47.0 Å². The monoisotopic (exact) mass is 296 g/mol. The largest absolute Gasteiger partial charge is 0.344 e. The zero-order valence-corrected chi connectivity index (χ0v) is 11.0. The molecule has 0 bridgehead atoms. The highest BCUT2D eigenvalue weighted by Gasteiger charge is 2.27. The quantitative estimate of drug-likeness (QED) is 0.877. The van der Waals surface area contributed by atoms with Crippen LogP contribution in [-0.2, 0) is 9.59 Å². The molecule has 1 atom stereocenters. The van der Waals surface area contributed by atoms with Gasteiger partial charge in [0.05, 0.1) is 5.69 Å². The van der Waals surface area contributed by atoms with Crippen LogP contribution in [0.25, 0.3) is 0 Å². The second kappa shape index (κ2) is 4.87. The molecule has 1 aromatic rings. The van der Waals surface area contributed by atoms with Crippen LogP contribution >= 0.6 is 15.9 Å². The molecular formula is C12H13BrN2O2. The van der Waals surface area contributed by atoms with Crippen LogP contribution in [0.1, 0.15) is 18.4 Å². The molecule has 1 fully saturated rings. The second-order valence-electron chi connectivity index (χ2n) is 4.13. The molecule has 2 N–H and O–H groups in total. The predicted octanol–water partition coefficient (Wildman–Crippen LogP) is 1.97. The van der Waals surface area contributed by atoms with Gasteiger partial charge in [0.25, 0.3) is 0 Å². The van der Waals surface area contributed by atoms with E-state index in [1.54, 1.807) is 0 Å². The molecule has 1 heterocycles. The SMILES string of the molecule is Cc1ccc(Br)c(NC(=O)C2CCC(=O)N2)c1. The number of carbonyl (C=O) groups excluding carboxylic acids is 2. The maximum atomic E-state index is 11.9. The van der Waals surface area contributed by atoms with Gasteiger partial charge in [-0.2, -0.15) is 0 Å². The van der Waals surface area contributed by atoms with Gasteiger partial charge in [0.2, 0.25) is 11.8 Å². The summed E-state index contributed by atoms with van der Waals surface area (Å²) in [6.07, 6.45) is 0.987. The molecule has 0 radical (unpaired) electrons. The predicted molar refractivity (Wildman–Crippen MR) is 68.7 cm³/mol. The van der Waals surface area contributed by atoms with Crippen LogP contribution in [0.3, 0.4) is 0 Å². The second-order valence-corrected chi connectivity index (χ2v) is 4.99. The number of hydrogen-bond donors (Lipinski definition) is 2. The van der Waals surface area contributed by atoms with E-state index in [4.69, 9.17) is 0 Å². The fourth-order valence-corrected chi connectivity index (χ4v) is 2.11. The van der Waals surface area contributed by atoms with Gasteiger partial charge in [-0.15, -0.1) is 0 Å².